The molecule has 0 saturated carbocycles. The summed E-state index contributed by atoms with van der Waals surface area (Å²) in [5.74, 6) is -1.08. The first-order chi connectivity index (χ1) is 5.04. The average molecular weight is 154 g/mol. The number of carboxylic acids is 1. The van der Waals surface area contributed by atoms with E-state index < -0.39 is 5.97 Å². The number of carbonyl (C=O) groups excluding carboxylic acids is 1. The van der Waals surface area contributed by atoms with Gasteiger partial charge in [0.15, 0.2) is 0 Å². The van der Waals surface area contributed by atoms with Gasteiger partial charge in [-0.1, -0.05) is 0 Å². The molecule has 62 valence electrons. The summed E-state index contributed by atoms with van der Waals surface area (Å²) in [5.41, 5.74) is 1.31. The average Bonchev–Trinajstić information content (AvgIpc) is 2.15. The van der Waals surface area contributed by atoms with Crippen LogP contribution in [0.4, 0.5) is 0 Å². The summed E-state index contributed by atoms with van der Waals surface area (Å²) in [5, 5.41) is 8.89. The summed E-state index contributed by atoms with van der Waals surface area (Å²) in [7, 11) is 2.04. The molecule has 3 nitrogen and oxygen atoms in total. The van der Waals surface area contributed by atoms with Gasteiger partial charge < -0.3 is 14.5 Å². The maximum Gasteiger partial charge on any atom is 0.0383 e. The van der Waals surface area contributed by atoms with Gasteiger partial charge in [0, 0.05) is 24.9 Å². The molecule has 0 aliphatic heterocycles. The lowest BCUT2D eigenvalue weighted by Gasteiger charge is -1.89. The number of aromatic nitrogens is 1. The van der Waals surface area contributed by atoms with Crippen molar-refractivity contribution in [2.45, 2.75) is 13.8 Å². The van der Waals surface area contributed by atoms with Crippen molar-refractivity contribution >= 4 is 5.97 Å². The Labute approximate surface area is 66.3 Å². The smallest absolute Gasteiger partial charge is 0.0383 e. The van der Waals surface area contributed by atoms with Crippen LogP contribution in [0, 0.1) is 6.92 Å². The third kappa shape index (κ3) is 5.21. The molecular formula is C8H12NO2-. The minimum Gasteiger partial charge on any atom is -0.550 e. The van der Waals surface area contributed by atoms with Gasteiger partial charge in [0.05, 0.1) is 0 Å². The van der Waals surface area contributed by atoms with Crippen molar-refractivity contribution in [2.24, 2.45) is 7.05 Å². The highest BCUT2D eigenvalue weighted by Crippen LogP contribution is 1.93. The molecule has 0 atom stereocenters. The lowest BCUT2D eigenvalue weighted by molar-refractivity contribution is -0.302. The van der Waals surface area contributed by atoms with E-state index in [9.17, 15) is 0 Å². The third-order valence-corrected chi connectivity index (χ3v) is 1.20. The van der Waals surface area contributed by atoms with Crippen molar-refractivity contribution in [3.05, 3.63) is 24.0 Å². The van der Waals surface area contributed by atoms with Crippen LogP contribution in [-0.4, -0.2) is 10.5 Å². The maximum absolute atomic E-state index is 8.89. The zero-order valence-electron chi connectivity index (χ0n) is 7.00. The Morgan fingerprint density at radius 1 is 1.64 bits per heavy atom. The van der Waals surface area contributed by atoms with E-state index in [1.54, 1.807) is 0 Å². The number of carbonyl (C=O) groups is 1. The molecule has 1 heterocycles. The largest absolute Gasteiger partial charge is 0.550 e. The number of rotatable bonds is 0. The minimum absolute atomic E-state index is 0.972. The van der Waals surface area contributed by atoms with Gasteiger partial charge >= 0.3 is 0 Å². The molecule has 0 aliphatic rings. The molecule has 0 radical (unpaired) electrons. The molecule has 0 aliphatic carbocycles. The Bertz CT molecular complexity index is 207. The molecule has 1 aromatic rings. The Morgan fingerprint density at radius 3 is 2.18 bits per heavy atom. The quantitative estimate of drug-likeness (QED) is 0.531. The number of nitrogens with zero attached hydrogens (tertiary/aromatic N) is 1. The molecule has 0 N–H and O–H groups in total. The van der Waals surface area contributed by atoms with Crippen LogP contribution in [0.2, 0.25) is 0 Å². The highest BCUT2D eigenvalue weighted by atomic mass is 16.4. The first-order valence-corrected chi connectivity index (χ1v) is 3.29. The predicted octanol–water partition coefficient (Wildman–Crippen LogP) is 0.0897. The predicted molar refractivity (Wildman–Crippen MR) is 40.8 cm³/mol. The second-order valence-corrected chi connectivity index (χ2v) is 2.25. The van der Waals surface area contributed by atoms with E-state index in [4.69, 9.17) is 9.90 Å². The summed E-state index contributed by atoms with van der Waals surface area (Å²) in [4.78, 5) is 8.89. The normalized spacial score (nSPS) is 8.27. The topological polar surface area (TPSA) is 45.1 Å². The van der Waals surface area contributed by atoms with Crippen LogP contribution < -0.4 is 5.11 Å². The summed E-state index contributed by atoms with van der Waals surface area (Å²) in [6, 6.07) is 4.12. The Balaban J connectivity index is 0.000000218. The molecule has 0 aromatic carbocycles. The molecular weight excluding hydrogens is 142 g/mol. The molecule has 0 amide bonds. The van der Waals surface area contributed by atoms with E-state index >= 15 is 0 Å². The summed E-state index contributed by atoms with van der Waals surface area (Å²) < 4.78 is 2.08. The van der Waals surface area contributed by atoms with Gasteiger partial charge in [-0.15, -0.1) is 0 Å². The number of aliphatic carboxylic acids is 1. The number of hydrogen-bond donors (Lipinski definition) is 0. The molecule has 0 bridgehead atoms. The van der Waals surface area contributed by atoms with Crippen LogP contribution in [0.15, 0.2) is 18.3 Å². The summed E-state index contributed by atoms with van der Waals surface area (Å²) in [6.45, 7) is 3.06. The van der Waals surface area contributed by atoms with Crippen LogP contribution in [0.5, 0.6) is 0 Å². The zero-order valence-corrected chi connectivity index (χ0v) is 7.00. The van der Waals surface area contributed by atoms with E-state index in [2.05, 4.69) is 17.6 Å². The molecule has 0 saturated heterocycles. The first-order valence-electron chi connectivity index (χ1n) is 3.29. The monoisotopic (exact) mass is 154 g/mol. The van der Waals surface area contributed by atoms with E-state index in [0.717, 1.165) is 6.92 Å². The fraction of sp³-hybridized carbons (Fsp3) is 0.375. The van der Waals surface area contributed by atoms with Crippen molar-refractivity contribution in [1.29, 1.82) is 0 Å². The highest BCUT2D eigenvalue weighted by molar-refractivity contribution is 5.60. The first kappa shape index (κ1) is 9.75. The second-order valence-electron chi connectivity index (χ2n) is 2.25. The van der Waals surface area contributed by atoms with Crippen LogP contribution in [0.25, 0.3) is 0 Å². The molecule has 0 fully saturated rings. The highest BCUT2D eigenvalue weighted by Gasteiger charge is 1.81. The molecule has 0 spiro atoms. The standard InChI is InChI=1S/C6H9N.C2H4O2/c1-6-4-3-5-7(6)2;1-2(3)4/h3-5H,1-2H3;1H3,(H,3,4)/p-1. The minimum atomic E-state index is -1.08. The van der Waals surface area contributed by atoms with Crippen LogP contribution in [0.1, 0.15) is 12.6 Å². The lowest BCUT2D eigenvalue weighted by atomic mass is 10.5. The lowest BCUT2D eigenvalue weighted by Crippen LogP contribution is -2.16. The van der Waals surface area contributed by atoms with Crippen LogP contribution in [-0.2, 0) is 11.8 Å². The van der Waals surface area contributed by atoms with Crippen molar-refractivity contribution in [1.82, 2.24) is 4.57 Å². The van der Waals surface area contributed by atoms with Crippen molar-refractivity contribution in [2.75, 3.05) is 0 Å². The van der Waals surface area contributed by atoms with Gasteiger partial charge in [0.2, 0.25) is 0 Å². The van der Waals surface area contributed by atoms with Crippen LogP contribution >= 0.6 is 0 Å². The molecule has 3 heteroatoms. The van der Waals surface area contributed by atoms with Crippen molar-refractivity contribution in [3.8, 4) is 0 Å². The van der Waals surface area contributed by atoms with Crippen molar-refractivity contribution < 1.29 is 9.90 Å². The van der Waals surface area contributed by atoms with Gasteiger partial charge in [-0.2, -0.15) is 0 Å². The molecule has 1 rings (SSSR count). The fourth-order valence-electron chi connectivity index (χ4n) is 0.547. The van der Waals surface area contributed by atoms with E-state index in [1.807, 2.05) is 19.3 Å². The number of carboxylic acid groups (broad SMARTS) is 1. The van der Waals surface area contributed by atoms with E-state index in [1.165, 1.54) is 5.69 Å². The van der Waals surface area contributed by atoms with Crippen molar-refractivity contribution in [3.63, 3.8) is 0 Å². The molecule has 0 unspecified atom stereocenters. The van der Waals surface area contributed by atoms with Gasteiger partial charge in [0.25, 0.3) is 0 Å². The van der Waals surface area contributed by atoms with Gasteiger partial charge in [0.1, 0.15) is 0 Å². The molecule has 11 heavy (non-hydrogen) atoms. The second kappa shape index (κ2) is 4.55. The Morgan fingerprint density at radius 2 is 2.09 bits per heavy atom. The van der Waals surface area contributed by atoms with Gasteiger partial charge in [-0.3, -0.25) is 0 Å². The molecule has 1 aromatic heterocycles. The van der Waals surface area contributed by atoms with Gasteiger partial charge in [-0.05, 0) is 26.0 Å². The van der Waals surface area contributed by atoms with E-state index in [-0.39, 0.29) is 0 Å². The van der Waals surface area contributed by atoms with E-state index in [0.29, 0.717) is 0 Å². The van der Waals surface area contributed by atoms with Crippen LogP contribution in [0.3, 0.4) is 0 Å². The summed E-state index contributed by atoms with van der Waals surface area (Å²) >= 11 is 0. The maximum atomic E-state index is 8.89. The number of aryl methyl sites for hydroxylation is 2. The SMILES string of the molecule is CC(=O)[O-].Cc1cccn1C. The fourth-order valence-corrected chi connectivity index (χ4v) is 0.547. The summed E-state index contributed by atoms with van der Waals surface area (Å²) in [6.07, 6.45) is 2.04. The Kier molecular flexibility index (Phi) is 4.03. The zero-order chi connectivity index (χ0) is 8.85. The van der Waals surface area contributed by atoms with Gasteiger partial charge in [-0.25, -0.2) is 0 Å². The third-order valence-electron chi connectivity index (χ3n) is 1.20. The number of hydrogen-bond acceptors (Lipinski definition) is 2. The Hall–Kier alpha value is -1.25.